The molecule has 0 heterocycles. The fourth-order valence-electron chi connectivity index (χ4n) is 2.04. The molecule has 0 atom stereocenters. The normalized spacial score (nSPS) is 12.3. The highest BCUT2D eigenvalue weighted by atomic mass is 79.9. The molecule has 1 aromatic carbocycles. The van der Waals surface area contributed by atoms with Crippen molar-refractivity contribution in [2.24, 2.45) is 16.3 Å². The number of nitrogens with two attached hydrogens (primary N) is 1. The van der Waals surface area contributed by atoms with E-state index in [9.17, 15) is 4.79 Å². The number of nitrogens with zero attached hydrogens (tertiary/aromatic N) is 1. The molecule has 0 unspecified atom stereocenters. The van der Waals surface area contributed by atoms with Crippen molar-refractivity contribution in [2.45, 2.75) is 26.7 Å². The summed E-state index contributed by atoms with van der Waals surface area (Å²) in [5.41, 5.74) is 5.29. The highest BCUT2D eigenvalue weighted by Gasteiger charge is 2.40. The predicted molar refractivity (Wildman–Crippen MR) is 94.6 cm³/mol. The van der Waals surface area contributed by atoms with Gasteiger partial charge in [-0.2, -0.15) is 0 Å². The van der Waals surface area contributed by atoms with Gasteiger partial charge in [-0.25, -0.2) is 0 Å². The topological polar surface area (TPSA) is 87.7 Å². The molecule has 8 heteroatoms. The Morgan fingerprint density at radius 1 is 1.29 bits per heavy atom. The Labute approximate surface area is 148 Å². The van der Waals surface area contributed by atoms with E-state index in [1.807, 2.05) is 26.0 Å². The Kier molecular flexibility index (Phi) is 6.68. The van der Waals surface area contributed by atoms with Crippen LogP contribution in [0, 0.1) is 5.41 Å². The van der Waals surface area contributed by atoms with Gasteiger partial charge in [0.15, 0.2) is 5.84 Å². The first-order valence-electron chi connectivity index (χ1n) is 6.26. The van der Waals surface area contributed by atoms with Gasteiger partial charge in [-0.3, -0.25) is 4.79 Å². The van der Waals surface area contributed by atoms with Crippen LogP contribution in [0.2, 0.25) is 0 Å². The van der Waals surface area contributed by atoms with Crippen LogP contribution < -0.4 is 11.1 Å². The SMILES string of the molecule is CCC(CC)(C(=O)Nc1c(Br)cc(Br)cc1Br)C(N)=NO. The molecule has 0 saturated carbocycles. The van der Waals surface area contributed by atoms with Crippen LogP contribution in [0.4, 0.5) is 5.69 Å². The van der Waals surface area contributed by atoms with E-state index in [-0.39, 0.29) is 11.7 Å². The Morgan fingerprint density at radius 3 is 2.14 bits per heavy atom. The van der Waals surface area contributed by atoms with E-state index in [0.717, 1.165) is 13.4 Å². The van der Waals surface area contributed by atoms with Crippen molar-refractivity contribution >= 4 is 65.2 Å². The molecule has 4 N–H and O–H groups in total. The quantitative estimate of drug-likeness (QED) is 0.249. The van der Waals surface area contributed by atoms with Crippen LogP contribution >= 0.6 is 47.8 Å². The fraction of sp³-hybridized carbons (Fsp3) is 0.385. The Bertz CT molecular complexity index is 549. The number of hydrogen-bond donors (Lipinski definition) is 3. The van der Waals surface area contributed by atoms with Gasteiger partial charge in [0.2, 0.25) is 5.91 Å². The molecule has 0 aliphatic rings. The van der Waals surface area contributed by atoms with Crippen LogP contribution in [-0.2, 0) is 4.79 Å². The molecule has 0 aliphatic heterocycles. The zero-order chi connectivity index (χ0) is 16.2. The minimum atomic E-state index is -1.04. The summed E-state index contributed by atoms with van der Waals surface area (Å²) in [6.07, 6.45) is 0.855. The van der Waals surface area contributed by atoms with Gasteiger partial charge >= 0.3 is 0 Å². The number of anilines is 1. The van der Waals surface area contributed by atoms with Gasteiger partial charge in [0.1, 0.15) is 5.41 Å². The number of carbonyl (C=O) groups excluding carboxylic acids is 1. The van der Waals surface area contributed by atoms with Gasteiger partial charge in [0, 0.05) is 13.4 Å². The van der Waals surface area contributed by atoms with Crippen LogP contribution in [0.5, 0.6) is 0 Å². The molecule has 0 aliphatic carbocycles. The van der Waals surface area contributed by atoms with Gasteiger partial charge in [0.05, 0.1) is 5.69 Å². The molecule has 0 bridgehead atoms. The second kappa shape index (κ2) is 7.60. The average Bonchev–Trinajstić information content (AvgIpc) is 2.44. The van der Waals surface area contributed by atoms with Crippen molar-refractivity contribution in [1.82, 2.24) is 0 Å². The Hall–Kier alpha value is -0.600. The first-order valence-corrected chi connectivity index (χ1v) is 8.64. The number of hydrogen-bond acceptors (Lipinski definition) is 3. The summed E-state index contributed by atoms with van der Waals surface area (Å²) >= 11 is 10.2. The van der Waals surface area contributed by atoms with Crippen LogP contribution in [0.15, 0.2) is 30.7 Å². The van der Waals surface area contributed by atoms with Crippen LogP contribution in [0.1, 0.15) is 26.7 Å². The number of amidine groups is 1. The van der Waals surface area contributed by atoms with E-state index < -0.39 is 5.41 Å². The van der Waals surface area contributed by atoms with Crippen LogP contribution in [-0.4, -0.2) is 17.0 Å². The van der Waals surface area contributed by atoms with E-state index in [2.05, 4.69) is 58.3 Å². The fourth-order valence-corrected chi connectivity index (χ4v) is 4.50. The zero-order valence-corrected chi connectivity index (χ0v) is 16.3. The minimum absolute atomic E-state index is 0.0886. The maximum absolute atomic E-state index is 12.6. The largest absolute Gasteiger partial charge is 0.409 e. The van der Waals surface area contributed by atoms with Crippen molar-refractivity contribution in [1.29, 1.82) is 0 Å². The second-order valence-electron chi connectivity index (χ2n) is 4.47. The molecule has 5 nitrogen and oxygen atoms in total. The lowest BCUT2D eigenvalue weighted by Gasteiger charge is -2.29. The molecule has 21 heavy (non-hydrogen) atoms. The molecule has 1 amide bonds. The summed E-state index contributed by atoms with van der Waals surface area (Å²) in [5.74, 6) is -0.402. The molecular weight excluding hydrogens is 470 g/mol. The summed E-state index contributed by atoms with van der Waals surface area (Å²) in [4.78, 5) is 12.6. The van der Waals surface area contributed by atoms with E-state index in [1.165, 1.54) is 0 Å². The second-order valence-corrected chi connectivity index (χ2v) is 7.10. The van der Waals surface area contributed by atoms with E-state index in [0.29, 0.717) is 18.5 Å². The standard InChI is InChI=1S/C13H16Br3N3O2/c1-3-13(4-2,11(17)19-21)12(20)18-10-8(15)5-7(14)6-9(10)16/h5-6,21H,3-4H2,1-2H3,(H2,17,19)(H,18,20). The number of benzene rings is 1. The highest BCUT2D eigenvalue weighted by molar-refractivity contribution is 9.11. The lowest BCUT2D eigenvalue weighted by molar-refractivity contribution is -0.122. The van der Waals surface area contributed by atoms with Gasteiger partial charge in [-0.1, -0.05) is 34.9 Å². The van der Waals surface area contributed by atoms with Gasteiger partial charge in [0.25, 0.3) is 0 Å². The number of carbonyl (C=O) groups is 1. The molecule has 0 fully saturated rings. The Balaban J connectivity index is 3.21. The summed E-state index contributed by atoms with van der Waals surface area (Å²) in [5, 5.41) is 14.8. The Morgan fingerprint density at radius 2 is 1.76 bits per heavy atom. The number of halogens is 3. The van der Waals surface area contributed by atoms with Gasteiger partial charge in [-0.15, -0.1) is 0 Å². The number of oxime groups is 1. The third-order valence-corrected chi connectivity index (χ3v) is 5.19. The lowest BCUT2D eigenvalue weighted by atomic mass is 9.80. The molecule has 0 radical (unpaired) electrons. The summed E-state index contributed by atoms with van der Waals surface area (Å²) in [6, 6.07) is 3.65. The van der Waals surface area contributed by atoms with E-state index >= 15 is 0 Å². The lowest BCUT2D eigenvalue weighted by Crippen LogP contribution is -2.46. The van der Waals surface area contributed by atoms with Crippen molar-refractivity contribution in [3.05, 3.63) is 25.6 Å². The third kappa shape index (κ3) is 3.78. The number of nitrogens with one attached hydrogen (secondary N) is 1. The summed E-state index contributed by atoms with van der Waals surface area (Å²) < 4.78 is 2.31. The van der Waals surface area contributed by atoms with Crippen molar-refractivity contribution in [2.75, 3.05) is 5.32 Å². The van der Waals surface area contributed by atoms with Crippen molar-refractivity contribution in [3.8, 4) is 0 Å². The molecule has 116 valence electrons. The maximum Gasteiger partial charge on any atom is 0.238 e. The highest BCUT2D eigenvalue weighted by Crippen LogP contribution is 2.36. The molecule has 0 aromatic heterocycles. The van der Waals surface area contributed by atoms with Gasteiger partial charge < -0.3 is 16.3 Å². The first-order chi connectivity index (χ1) is 9.82. The number of amides is 1. The van der Waals surface area contributed by atoms with Crippen LogP contribution in [0.25, 0.3) is 0 Å². The first kappa shape index (κ1) is 18.4. The predicted octanol–water partition coefficient (Wildman–Crippen LogP) is 4.47. The van der Waals surface area contributed by atoms with Crippen molar-refractivity contribution < 1.29 is 10.0 Å². The zero-order valence-electron chi connectivity index (χ0n) is 11.6. The molecular formula is C13H16Br3N3O2. The minimum Gasteiger partial charge on any atom is -0.409 e. The number of rotatable bonds is 5. The summed E-state index contributed by atoms with van der Waals surface area (Å²) in [6.45, 7) is 3.65. The summed E-state index contributed by atoms with van der Waals surface area (Å²) in [7, 11) is 0. The van der Waals surface area contributed by atoms with Crippen molar-refractivity contribution in [3.63, 3.8) is 0 Å². The van der Waals surface area contributed by atoms with Crippen LogP contribution in [0.3, 0.4) is 0 Å². The molecule has 1 aromatic rings. The van der Waals surface area contributed by atoms with E-state index in [1.54, 1.807) is 0 Å². The average molecular weight is 486 g/mol. The molecule has 0 saturated heterocycles. The third-order valence-electron chi connectivity index (χ3n) is 3.49. The van der Waals surface area contributed by atoms with E-state index in [4.69, 9.17) is 10.9 Å². The molecule has 1 rings (SSSR count). The molecule has 0 spiro atoms. The smallest absolute Gasteiger partial charge is 0.238 e. The monoisotopic (exact) mass is 483 g/mol. The van der Waals surface area contributed by atoms with Gasteiger partial charge in [-0.05, 0) is 56.8 Å². The maximum atomic E-state index is 12.6.